The van der Waals surface area contributed by atoms with Gasteiger partial charge in [0.05, 0.1) is 0 Å². The Hall–Kier alpha value is -1.38. The number of aromatic nitrogens is 1. The summed E-state index contributed by atoms with van der Waals surface area (Å²) in [5.74, 6) is 0. The number of halogens is 1. The first-order chi connectivity index (χ1) is 9.70. The van der Waals surface area contributed by atoms with Gasteiger partial charge in [0.15, 0.2) is 0 Å². The monoisotopic (exact) mass is 288 g/mol. The zero-order chi connectivity index (χ0) is 14.4. The molecule has 2 nitrogen and oxygen atoms in total. The molecule has 0 amide bonds. The van der Waals surface area contributed by atoms with Crippen LogP contribution in [0.5, 0.6) is 0 Å². The molecule has 1 aromatic heterocycles. The van der Waals surface area contributed by atoms with Crippen molar-refractivity contribution >= 4 is 11.6 Å². The lowest BCUT2D eigenvalue weighted by Gasteiger charge is -2.21. The highest BCUT2D eigenvalue weighted by atomic mass is 35.5. The van der Waals surface area contributed by atoms with Crippen molar-refractivity contribution in [2.24, 2.45) is 0 Å². The molecular weight excluding hydrogens is 268 g/mol. The van der Waals surface area contributed by atoms with Crippen LogP contribution in [-0.2, 0) is 6.42 Å². The summed E-state index contributed by atoms with van der Waals surface area (Å²) in [6.07, 6.45) is 3.86. The Balaban J connectivity index is 2.22. The van der Waals surface area contributed by atoms with E-state index in [2.05, 4.69) is 36.3 Å². The number of nitrogens with one attached hydrogen (secondary N) is 1. The molecule has 0 spiro atoms. The third kappa shape index (κ3) is 4.06. The SMILES string of the molecule is CCCNC(Cc1ccccn1)c1ccc(Cl)cc1C. The lowest BCUT2D eigenvalue weighted by atomic mass is 9.97. The minimum atomic E-state index is 0.280. The van der Waals surface area contributed by atoms with E-state index in [0.717, 1.165) is 30.1 Å². The Kier molecular flexibility index (Phi) is 5.57. The molecule has 0 saturated heterocycles. The molecule has 1 aromatic carbocycles. The minimum absolute atomic E-state index is 0.280. The highest BCUT2D eigenvalue weighted by Gasteiger charge is 2.14. The molecule has 1 heterocycles. The Bertz CT molecular complexity index is 540. The molecule has 1 N–H and O–H groups in total. The second kappa shape index (κ2) is 7.41. The number of rotatable bonds is 6. The van der Waals surface area contributed by atoms with Crippen LogP contribution in [0.3, 0.4) is 0 Å². The van der Waals surface area contributed by atoms with Crippen LogP contribution in [0.4, 0.5) is 0 Å². The van der Waals surface area contributed by atoms with Crippen LogP contribution in [0, 0.1) is 6.92 Å². The van der Waals surface area contributed by atoms with E-state index >= 15 is 0 Å². The van der Waals surface area contributed by atoms with Gasteiger partial charge in [0, 0.05) is 29.4 Å². The maximum atomic E-state index is 6.05. The quantitative estimate of drug-likeness (QED) is 0.856. The van der Waals surface area contributed by atoms with E-state index in [1.807, 2.05) is 30.5 Å². The lowest BCUT2D eigenvalue weighted by molar-refractivity contribution is 0.522. The third-order valence-electron chi connectivity index (χ3n) is 3.39. The van der Waals surface area contributed by atoms with Gasteiger partial charge in [-0.3, -0.25) is 4.98 Å². The molecule has 106 valence electrons. The predicted octanol–water partition coefficient (Wildman–Crippen LogP) is 4.33. The van der Waals surface area contributed by atoms with Crippen LogP contribution in [0.15, 0.2) is 42.6 Å². The van der Waals surface area contributed by atoms with Gasteiger partial charge >= 0.3 is 0 Å². The average molecular weight is 289 g/mol. The van der Waals surface area contributed by atoms with E-state index < -0.39 is 0 Å². The molecule has 0 aliphatic carbocycles. The maximum Gasteiger partial charge on any atom is 0.0422 e. The van der Waals surface area contributed by atoms with Gasteiger partial charge in [-0.05, 0) is 55.3 Å². The van der Waals surface area contributed by atoms with E-state index in [4.69, 9.17) is 11.6 Å². The summed E-state index contributed by atoms with van der Waals surface area (Å²) in [6, 6.07) is 12.4. The van der Waals surface area contributed by atoms with Gasteiger partial charge in [-0.1, -0.05) is 30.7 Å². The van der Waals surface area contributed by atoms with E-state index in [-0.39, 0.29) is 6.04 Å². The van der Waals surface area contributed by atoms with E-state index in [1.54, 1.807) is 0 Å². The maximum absolute atomic E-state index is 6.05. The summed E-state index contributed by atoms with van der Waals surface area (Å²) in [7, 11) is 0. The molecule has 0 fully saturated rings. The van der Waals surface area contributed by atoms with Crippen molar-refractivity contribution in [3.05, 3.63) is 64.4 Å². The van der Waals surface area contributed by atoms with Gasteiger partial charge in [-0.25, -0.2) is 0 Å². The van der Waals surface area contributed by atoms with Crippen molar-refractivity contribution in [3.8, 4) is 0 Å². The molecule has 2 aromatic rings. The summed E-state index contributed by atoms with van der Waals surface area (Å²) in [5, 5.41) is 4.40. The second-order valence-corrected chi connectivity index (χ2v) is 5.47. The van der Waals surface area contributed by atoms with E-state index in [0.29, 0.717) is 0 Å². The summed E-state index contributed by atoms with van der Waals surface area (Å²) in [5.41, 5.74) is 3.63. The molecule has 2 rings (SSSR count). The van der Waals surface area contributed by atoms with Crippen molar-refractivity contribution in [2.45, 2.75) is 32.7 Å². The van der Waals surface area contributed by atoms with Crippen LogP contribution in [0.25, 0.3) is 0 Å². The second-order valence-electron chi connectivity index (χ2n) is 5.03. The first-order valence-corrected chi connectivity index (χ1v) is 7.48. The van der Waals surface area contributed by atoms with Gasteiger partial charge in [-0.2, -0.15) is 0 Å². The van der Waals surface area contributed by atoms with Crippen molar-refractivity contribution in [1.82, 2.24) is 10.3 Å². The van der Waals surface area contributed by atoms with Crippen molar-refractivity contribution in [3.63, 3.8) is 0 Å². The Morgan fingerprint density at radius 2 is 2.10 bits per heavy atom. The Morgan fingerprint density at radius 1 is 1.25 bits per heavy atom. The Morgan fingerprint density at radius 3 is 2.75 bits per heavy atom. The van der Waals surface area contributed by atoms with Crippen molar-refractivity contribution in [1.29, 1.82) is 0 Å². The number of hydrogen-bond donors (Lipinski definition) is 1. The largest absolute Gasteiger partial charge is 0.310 e. The summed E-state index contributed by atoms with van der Waals surface area (Å²) in [4.78, 5) is 4.43. The standard InChI is InChI=1S/C17H21ClN2/c1-3-9-20-17(12-15-6-4-5-10-19-15)16-8-7-14(18)11-13(16)2/h4-8,10-11,17,20H,3,9,12H2,1-2H3. The highest BCUT2D eigenvalue weighted by molar-refractivity contribution is 6.30. The van der Waals surface area contributed by atoms with Gasteiger partial charge in [0.2, 0.25) is 0 Å². The Labute approximate surface area is 126 Å². The van der Waals surface area contributed by atoms with Crippen LogP contribution in [-0.4, -0.2) is 11.5 Å². The zero-order valence-electron chi connectivity index (χ0n) is 12.1. The molecule has 20 heavy (non-hydrogen) atoms. The molecule has 0 aliphatic rings. The van der Waals surface area contributed by atoms with Crippen molar-refractivity contribution in [2.75, 3.05) is 6.54 Å². The third-order valence-corrected chi connectivity index (χ3v) is 3.62. The summed E-state index contributed by atoms with van der Waals surface area (Å²) < 4.78 is 0. The highest BCUT2D eigenvalue weighted by Crippen LogP contribution is 2.24. The van der Waals surface area contributed by atoms with Crippen molar-refractivity contribution < 1.29 is 0 Å². The van der Waals surface area contributed by atoms with Gasteiger partial charge in [-0.15, -0.1) is 0 Å². The smallest absolute Gasteiger partial charge is 0.0422 e. The molecule has 0 aliphatic heterocycles. The van der Waals surface area contributed by atoms with Gasteiger partial charge in [0.25, 0.3) is 0 Å². The fourth-order valence-corrected chi connectivity index (χ4v) is 2.60. The molecule has 0 radical (unpaired) electrons. The summed E-state index contributed by atoms with van der Waals surface area (Å²) in [6.45, 7) is 5.29. The molecule has 1 unspecified atom stereocenters. The van der Waals surface area contributed by atoms with E-state index in [1.165, 1.54) is 11.1 Å². The number of nitrogens with zero attached hydrogens (tertiary/aromatic N) is 1. The zero-order valence-corrected chi connectivity index (χ0v) is 12.8. The van der Waals surface area contributed by atoms with E-state index in [9.17, 15) is 0 Å². The number of benzene rings is 1. The average Bonchev–Trinajstić information content (AvgIpc) is 2.45. The fraction of sp³-hybridized carbons (Fsp3) is 0.353. The lowest BCUT2D eigenvalue weighted by Crippen LogP contribution is -2.25. The molecular formula is C17H21ClN2. The van der Waals surface area contributed by atoms with Crippen LogP contribution in [0.1, 0.15) is 36.2 Å². The van der Waals surface area contributed by atoms with Crippen LogP contribution in [0.2, 0.25) is 5.02 Å². The topological polar surface area (TPSA) is 24.9 Å². The van der Waals surface area contributed by atoms with Crippen LogP contribution < -0.4 is 5.32 Å². The first kappa shape index (κ1) is 15.0. The van der Waals surface area contributed by atoms with Gasteiger partial charge < -0.3 is 5.32 Å². The molecule has 1 atom stereocenters. The number of aryl methyl sites for hydroxylation is 1. The number of hydrogen-bond acceptors (Lipinski definition) is 2. The van der Waals surface area contributed by atoms with Gasteiger partial charge in [0.1, 0.15) is 0 Å². The predicted molar refractivity (Wildman–Crippen MR) is 85.2 cm³/mol. The number of pyridine rings is 1. The van der Waals surface area contributed by atoms with Crippen LogP contribution >= 0.6 is 11.6 Å². The fourth-order valence-electron chi connectivity index (χ4n) is 2.37. The molecule has 3 heteroatoms. The molecule has 0 bridgehead atoms. The molecule has 0 saturated carbocycles. The summed E-state index contributed by atoms with van der Waals surface area (Å²) >= 11 is 6.05. The normalized spacial score (nSPS) is 12.3. The minimum Gasteiger partial charge on any atom is -0.310 e. The first-order valence-electron chi connectivity index (χ1n) is 7.10.